The van der Waals surface area contributed by atoms with Crippen molar-refractivity contribution in [1.29, 1.82) is 0 Å². The third-order valence-electron chi connectivity index (χ3n) is 4.79. The minimum atomic E-state index is -0.0303. The first-order valence-electron chi connectivity index (χ1n) is 7.66. The van der Waals surface area contributed by atoms with Gasteiger partial charge in [0.05, 0.1) is 6.04 Å². The monoisotopic (exact) mass is 313 g/mol. The van der Waals surface area contributed by atoms with Crippen molar-refractivity contribution in [3.63, 3.8) is 0 Å². The van der Waals surface area contributed by atoms with Gasteiger partial charge in [-0.15, -0.1) is 0 Å². The molecule has 5 heteroatoms. The zero-order valence-corrected chi connectivity index (χ0v) is 13.2. The summed E-state index contributed by atoms with van der Waals surface area (Å²) in [7, 11) is 1.67. The lowest BCUT2D eigenvalue weighted by Crippen LogP contribution is -2.32. The van der Waals surface area contributed by atoms with E-state index in [9.17, 15) is 4.79 Å². The molecule has 1 aromatic carbocycles. The number of nitrogens with one attached hydrogen (secondary N) is 3. The zero-order valence-electron chi connectivity index (χ0n) is 12.4. The summed E-state index contributed by atoms with van der Waals surface area (Å²) in [5, 5.41) is 14.4. The fraction of sp³-hybridized carbons (Fsp3) is 0.353. The van der Waals surface area contributed by atoms with Gasteiger partial charge in [0.2, 0.25) is 0 Å². The summed E-state index contributed by atoms with van der Waals surface area (Å²) in [6, 6.07) is 8.85. The highest BCUT2D eigenvalue weighted by atomic mass is 32.1. The standard InChI is InChI=1S/C17H19N3OS/c1-18-17(21)10-2-3-14-13(8-10)16-12(4-6-19-16)15(20-14)11-5-7-22-9-11/h2-3,5,7-9,12,15-16,19-20H,4,6H2,1H3,(H,18,21)/t12-,15?,16-/m0/s1. The number of hydrogen-bond donors (Lipinski definition) is 3. The summed E-state index contributed by atoms with van der Waals surface area (Å²) < 4.78 is 0. The van der Waals surface area contributed by atoms with Crippen molar-refractivity contribution in [1.82, 2.24) is 10.6 Å². The van der Waals surface area contributed by atoms with Gasteiger partial charge in [0.15, 0.2) is 0 Å². The van der Waals surface area contributed by atoms with E-state index in [0.717, 1.165) is 24.2 Å². The number of amides is 1. The Balaban J connectivity index is 1.75. The Morgan fingerprint density at radius 2 is 2.23 bits per heavy atom. The van der Waals surface area contributed by atoms with Gasteiger partial charge >= 0.3 is 0 Å². The quantitative estimate of drug-likeness (QED) is 0.799. The molecule has 0 aliphatic carbocycles. The molecule has 4 nitrogen and oxygen atoms in total. The summed E-state index contributed by atoms with van der Waals surface area (Å²) in [5.41, 5.74) is 4.45. The van der Waals surface area contributed by atoms with E-state index >= 15 is 0 Å². The smallest absolute Gasteiger partial charge is 0.251 e. The van der Waals surface area contributed by atoms with Crippen LogP contribution in [0.5, 0.6) is 0 Å². The molecular formula is C17H19N3OS. The molecular weight excluding hydrogens is 294 g/mol. The molecule has 0 saturated carbocycles. The Labute approximate surface area is 133 Å². The molecule has 4 rings (SSSR count). The van der Waals surface area contributed by atoms with Gasteiger partial charge in [-0.3, -0.25) is 4.79 Å². The van der Waals surface area contributed by atoms with Crippen molar-refractivity contribution in [3.8, 4) is 0 Å². The lowest BCUT2D eigenvalue weighted by Gasteiger charge is -2.37. The second kappa shape index (κ2) is 5.41. The van der Waals surface area contributed by atoms with E-state index in [1.165, 1.54) is 11.1 Å². The first kappa shape index (κ1) is 13.8. The molecule has 3 atom stereocenters. The predicted molar refractivity (Wildman–Crippen MR) is 89.4 cm³/mol. The van der Waals surface area contributed by atoms with Gasteiger partial charge < -0.3 is 16.0 Å². The Bertz CT molecular complexity index is 698. The van der Waals surface area contributed by atoms with Crippen LogP contribution in [0.3, 0.4) is 0 Å². The summed E-state index contributed by atoms with van der Waals surface area (Å²) in [6.07, 6.45) is 1.15. The highest BCUT2D eigenvalue weighted by Gasteiger charge is 2.40. The maximum Gasteiger partial charge on any atom is 0.251 e. The molecule has 2 aliphatic rings. The van der Waals surface area contributed by atoms with Crippen LogP contribution in [-0.2, 0) is 0 Å². The van der Waals surface area contributed by atoms with Crippen LogP contribution in [0.15, 0.2) is 35.0 Å². The number of carbonyl (C=O) groups is 1. The molecule has 0 bridgehead atoms. The lowest BCUT2D eigenvalue weighted by molar-refractivity contribution is 0.0963. The lowest BCUT2D eigenvalue weighted by atomic mass is 9.80. The third-order valence-corrected chi connectivity index (χ3v) is 5.49. The molecule has 0 radical (unpaired) electrons. The number of rotatable bonds is 2. The molecule has 1 unspecified atom stereocenters. The van der Waals surface area contributed by atoms with Crippen molar-refractivity contribution in [2.75, 3.05) is 18.9 Å². The van der Waals surface area contributed by atoms with Gasteiger partial charge in [-0.1, -0.05) is 0 Å². The maximum absolute atomic E-state index is 11.9. The normalized spacial score (nSPS) is 26.0. The van der Waals surface area contributed by atoms with E-state index in [4.69, 9.17) is 0 Å². The molecule has 1 saturated heterocycles. The second-order valence-corrected chi connectivity index (χ2v) is 6.72. The molecule has 2 aliphatic heterocycles. The number of hydrogen-bond acceptors (Lipinski definition) is 4. The highest BCUT2D eigenvalue weighted by Crippen LogP contribution is 2.47. The molecule has 3 heterocycles. The Morgan fingerprint density at radius 3 is 3.00 bits per heavy atom. The van der Waals surface area contributed by atoms with E-state index in [1.807, 2.05) is 18.2 Å². The van der Waals surface area contributed by atoms with Gasteiger partial charge in [-0.05, 0) is 59.1 Å². The van der Waals surface area contributed by atoms with Crippen LogP contribution in [0.25, 0.3) is 0 Å². The first-order valence-corrected chi connectivity index (χ1v) is 8.60. The average molecular weight is 313 g/mol. The molecule has 0 spiro atoms. The van der Waals surface area contributed by atoms with Crippen molar-refractivity contribution in [2.45, 2.75) is 18.5 Å². The number of fused-ring (bicyclic) bond motifs is 3. The first-order chi connectivity index (χ1) is 10.8. The van der Waals surface area contributed by atoms with E-state index < -0.39 is 0 Å². The van der Waals surface area contributed by atoms with Crippen molar-refractivity contribution in [3.05, 3.63) is 51.7 Å². The SMILES string of the molecule is CNC(=O)c1ccc2c(c1)[C@H]1NCC[C@H]1C(c1ccsc1)N2. The Hall–Kier alpha value is -1.85. The second-order valence-electron chi connectivity index (χ2n) is 5.94. The van der Waals surface area contributed by atoms with Crippen molar-refractivity contribution < 1.29 is 4.79 Å². The van der Waals surface area contributed by atoms with Crippen LogP contribution in [-0.4, -0.2) is 19.5 Å². The predicted octanol–water partition coefficient (Wildman–Crippen LogP) is 2.93. The van der Waals surface area contributed by atoms with Gasteiger partial charge in [0.1, 0.15) is 0 Å². The maximum atomic E-state index is 11.9. The van der Waals surface area contributed by atoms with E-state index in [1.54, 1.807) is 18.4 Å². The van der Waals surface area contributed by atoms with Crippen LogP contribution in [0, 0.1) is 5.92 Å². The fourth-order valence-electron chi connectivity index (χ4n) is 3.72. The van der Waals surface area contributed by atoms with Crippen LogP contribution in [0.4, 0.5) is 5.69 Å². The molecule has 1 fully saturated rings. The van der Waals surface area contributed by atoms with Gasteiger partial charge in [0.25, 0.3) is 5.91 Å². The fourth-order valence-corrected chi connectivity index (χ4v) is 4.41. The minimum Gasteiger partial charge on any atom is -0.378 e. The summed E-state index contributed by atoms with van der Waals surface area (Å²) in [6.45, 7) is 1.03. The minimum absolute atomic E-state index is 0.0303. The number of anilines is 1. The largest absolute Gasteiger partial charge is 0.378 e. The number of thiophene rings is 1. The van der Waals surface area contributed by atoms with Crippen molar-refractivity contribution in [2.24, 2.45) is 5.92 Å². The molecule has 114 valence electrons. The highest BCUT2D eigenvalue weighted by molar-refractivity contribution is 7.08. The summed E-state index contributed by atoms with van der Waals surface area (Å²) in [4.78, 5) is 11.9. The number of carbonyl (C=O) groups excluding carboxylic acids is 1. The van der Waals surface area contributed by atoms with E-state index in [2.05, 4.69) is 32.8 Å². The van der Waals surface area contributed by atoms with Crippen LogP contribution >= 0.6 is 11.3 Å². The zero-order chi connectivity index (χ0) is 15.1. The topological polar surface area (TPSA) is 53.2 Å². The van der Waals surface area contributed by atoms with Crippen molar-refractivity contribution >= 4 is 22.9 Å². The summed E-state index contributed by atoms with van der Waals surface area (Å²) in [5.74, 6) is 0.499. The number of benzene rings is 1. The molecule has 22 heavy (non-hydrogen) atoms. The Kier molecular flexibility index (Phi) is 3.39. The molecule has 1 amide bonds. The molecule has 3 N–H and O–H groups in total. The average Bonchev–Trinajstić information content (AvgIpc) is 3.24. The Morgan fingerprint density at radius 1 is 1.32 bits per heavy atom. The van der Waals surface area contributed by atoms with Crippen LogP contribution in [0.1, 0.15) is 40.0 Å². The van der Waals surface area contributed by atoms with Gasteiger partial charge in [-0.2, -0.15) is 11.3 Å². The van der Waals surface area contributed by atoms with E-state index in [-0.39, 0.29) is 5.91 Å². The van der Waals surface area contributed by atoms with Crippen LogP contribution in [0.2, 0.25) is 0 Å². The van der Waals surface area contributed by atoms with E-state index in [0.29, 0.717) is 18.0 Å². The van der Waals surface area contributed by atoms with Gasteiger partial charge in [0, 0.05) is 30.3 Å². The molecule has 1 aromatic heterocycles. The van der Waals surface area contributed by atoms with Crippen LogP contribution < -0.4 is 16.0 Å². The summed E-state index contributed by atoms with van der Waals surface area (Å²) >= 11 is 1.74. The van der Waals surface area contributed by atoms with Gasteiger partial charge in [-0.25, -0.2) is 0 Å². The third kappa shape index (κ3) is 2.12. The molecule has 2 aromatic rings.